The zero-order valence-electron chi connectivity index (χ0n) is 7.50. The van der Waals surface area contributed by atoms with Crippen molar-refractivity contribution in [2.45, 2.75) is 6.42 Å². The van der Waals surface area contributed by atoms with Gasteiger partial charge in [0.2, 0.25) is 0 Å². The van der Waals surface area contributed by atoms with Gasteiger partial charge in [-0.3, -0.25) is 4.79 Å². The van der Waals surface area contributed by atoms with Gasteiger partial charge in [-0.05, 0) is 17.7 Å². The number of carbonyl (C=O) groups is 1. The number of carbonyl (C=O) groups excluding carboxylic acids is 1. The van der Waals surface area contributed by atoms with E-state index in [1.807, 2.05) is 24.3 Å². The van der Waals surface area contributed by atoms with E-state index in [0.717, 1.165) is 10.0 Å². The number of rotatable bonds is 3. The lowest BCUT2D eigenvalue weighted by Gasteiger charge is -2.01. The van der Waals surface area contributed by atoms with Crippen LogP contribution in [0.3, 0.4) is 0 Å². The summed E-state index contributed by atoms with van der Waals surface area (Å²) in [5.41, 5.74) is 0.912. The smallest absolute Gasteiger partial charge is 0.311 e. The maximum absolute atomic E-state index is 11.1. The number of benzene rings is 1. The van der Waals surface area contributed by atoms with Crippen LogP contribution in [-0.2, 0) is 16.0 Å². The van der Waals surface area contributed by atoms with Crippen LogP contribution in [0.5, 0.6) is 0 Å². The zero-order chi connectivity index (χ0) is 10.4. The molecule has 0 aliphatic carbocycles. The van der Waals surface area contributed by atoms with Gasteiger partial charge in [0.05, 0.1) is 6.42 Å². The largest absolute Gasteiger partial charge is 0.452 e. The summed E-state index contributed by atoms with van der Waals surface area (Å²) < 4.78 is 5.72. The van der Waals surface area contributed by atoms with Crippen LogP contribution in [0.1, 0.15) is 5.56 Å². The first-order valence-corrected chi connectivity index (χ1v) is 4.85. The minimum atomic E-state index is -0.301. The molecule has 0 N–H and O–H groups in total. The molecule has 14 heavy (non-hydrogen) atoms. The lowest BCUT2D eigenvalue weighted by atomic mass is 10.2. The Morgan fingerprint density at radius 3 is 2.64 bits per heavy atom. The predicted octanol–water partition coefficient (Wildman–Crippen LogP) is 2.17. The number of hydrogen-bond donors (Lipinski definition) is 0. The molecule has 0 unspecified atom stereocenters. The minimum Gasteiger partial charge on any atom is -0.452 e. The van der Waals surface area contributed by atoms with Crippen LogP contribution in [0.2, 0.25) is 0 Å². The Balaban J connectivity index is 2.49. The lowest BCUT2D eigenvalue weighted by Crippen LogP contribution is -2.07. The highest BCUT2D eigenvalue weighted by Gasteiger charge is 2.03. The van der Waals surface area contributed by atoms with E-state index in [9.17, 15) is 4.79 Å². The summed E-state index contributed by atoms with van der Waals surface area (Å²) in [4.78, 5) is 11.1. The lowest BCUT2D eigenvalue weighted by molar-refractivity contribution is -0.141. The Morgan fingerprint density at radius 2 is 2.07 bits per heavy atom. The SMILES string of the molecule is C#CCOC(=O)Cc1ccc(Br)cc1. The molecule has 0 radical (unpaired) electrons. The zero-order valence-corrected chi connectivity index (χ0v) is 9.08. The summed E-state index contributed by atoms with van der Waals surface area (Å²) in [5.74, 6) is 1.94. The molecule has 0 saturated heterocycles. The van der Waals surface area contributed by atoms with E-state index in [4.69, 9.17) is 11.2 Å². The Labute approximate surface area is 91.4 Å². The van der Waals surface area contributed by atoms with Gasteiger partial charge in [0, 0.05) is 4.47 Å². The number of ether oxygens (including phenoxy) is 1. The molecule has 0 aliphatic heterocycles. The average Bonchev–Trinajstić information content (AvgIpc) is 2.18. The molecule has 1 aromatic carbocycles. The summed E-state index contributed by atoms with van der Waals surface area (Å²) >= 11 is 3.31. The Bertz CT molecular complexity index is 349. The second-order valence-corrected chi connectivity index (χ2v) is 3.58. The molecule has 0 spiro atoms. The normalized spacial score (nSPS) is 9.14. The highest BCUT2D eigenvalue weighted by Crippen LogP contribution is 2.11. The van der Waals surface area contributed by atoms with E-state index < -0.39 is 0 Å². The van der Waals surface area contributed by atoms with E-state index in [-0.39, 0.29) is 19.0 Å². The van der Waals surface area contributed by atoms with Crippen LogP contribution in [0.25, 0.3) is 0 Å². The fourth-order valence-electron chi connectivity index (χ4n) is 0.942. The maximum Gasteiger partial charge on any atom is 0.311 e. The van der Waals surface area contributed by atoms with Crippen molar-refractivity contribution in [1.82, 2.24) is 0 Å². The topological polar surface area (TPSA) is 26.3 Å². The van der Waals surface area contributed by atoms with Crippen LogP contribution in [0.4, 0.5) is 0 Å². The first-order valence-electron chi connectivity index (χ1n) is 4.06. The van der Waals surface area contributed by atoms with Gasteiger partial charge in [-0.25, -0.2) is 0 Å². The number of halogens is 1. The van der Waals surface area contributed by atoms with Crippen molar-refractivity contribution in [3.63, 3.8) is 0 Å². The monoisotopic (exact) mass is 252 g/mol. The van der Waals surface area contributed by atoms with E-state index in [1.54, 1.807) is 0 Å². The molecule has 0 atom stereocenters. The van der Waals surface area contributed by atoms with E-state index in [0.29, 0.717) is 0 Å². The third-order valence-electron chi connectivity index (χ3n) is 1.58. The molecule has 0 aliphatic rings. The number of terminal acetylenes is 1. The molecule has 0 fully saturated rings. The van der Waals surface area contributed by atoms with Gasteiger partial charge in [-0.15, -0.1) is 6.42 Å². The van der Waals surface area contributed by atoms with Gasteiger partial charge in [-0.2, -0.15) is 0 Å². The van der Waals surface area contributed by atoms with E-state index >= 15 is 0 Å². The fraction of sp³-hybridized carbons (Fsp3) is 0.182. The highest BCUT2D eigenvalue weighted by atomic mass is 79.9. The molecule has 1 rings (SSSR count). The van der Waals surface area contributed by atoms with Gasteiger partial charge in [-0.1, -0.05) is 34.0 Å². The number of hydrogen-bond acceptors (Lipinski definition) is 2. The standard InChI is InChI=1S/C11H9BrO2/c1-2-7-14-11(13)8-9-3-5-10(12)6-4-9/h1,3-6H,7-8H2. The second kappa shape index (κ2) is 5.46. The van der Waals surface area contributed by atoms with Gasteiger partial charge in [0.15, 0.2) is 6.61 Å². The Kier molecular flexibility index (Phi) is 4.21. The van der Waals surface area contributed by atoms with Crippen LogP contribution < -0.4 is 0 Å². The molecule has 3 heteroatoms. The first-order chi connectivity index (χ1) is 6.72. The van der Waals surface area contributed by atoms with Crippen molar-refractivity contribution in [1.29, 1.82) is 0 Å². The van der Waals surface area contributed by atoms with Gasteiger partial charge in [0.25, 0.3) is 0 Å². The van der Waals surface area contributed by atoms with Crippen LogP contribution in [0, 0.1) is 12.3 Å². The van der Waals surface area contributed by atoms with Gasteiger partial charge >= 0.3 is 5.97 Å². The Hall–Kier alpha value is -1.27. The molecular formula is C11H9BrO2. The van der Waals surface area contributed by atoms with Crippen molar-refractivity contribution >= 4 is 21.9 Å². The predicted molar refractivity (Wildman–Crippen MR) is 57.6 cm³/mol. The minimum absolute atomic E-state index is 0.0371. The molecule has 0 aromatic heterocycles. The molecule has 2 nitrogen and oxygen atoms in total. The van der Waals surface area contributed by atoms with Crippen LogP contribution in [0.15, 0.2) is 28.7 Å². The van der Waals surface area contributed by atoms with Crippen molar-refractivity contribution in [3.8, 4) is 12.3 Å². The van der Waals surface area contributed by atoms with Crippen molar-refractivity contribution in [3.05, 3.63) is 34.3 Å². The second-order valence-electron chi connectivity index (χ2n) is 2.67. The molecule has 0 bridgehead atoms. The van der Waals surface area contributed by atoms with Crippen LogP contribution in [-0.4, -0.2) is 12.6 Å². The fourth-order valence-corrected chi connectivity index (χ4v) is 1.21. The van der Waals surface area contributed by atoms with Crippen molar-refractivity contribution in [2.75, 3.05) is 6.61 Å². The van der Waals surface area contributed by atoms with E-state index in [2.05, 4.69) is 21.9 Å². The summed E-state index contributed by atoms with van der Waals surface area (Å²) in [6.45, 7) is 0.0371. The molecule has 0 amide bonds. The summed E-state index contributed by atoms with van der Waals surface area (Å²) in [5, 5.41) is 0. The molecule has 1 aromatic rings. The molecular weight excluding hydrogens is 244 g/mol. The molecule has 72 valence electrons. The summed E-state index contributed by atoms with van der Waals surface area (Å²) in [7, 11) is 0. The summed E-state index contributed by atoms with van der Waals surface area (Å²) in [6, 6.07) is 7.48. The highest BCUT2D eigenvalue weighted by molar-refractivity contribution is 9.10. The van der Waals surface area contributed by atoms with Crippen molar-refractivity contribution < 1.29 is 9.53 Å². The first kappa shape index (κ1) is 10.8. The van der Waals surface area contributed by atoms with Crippen molar-refractivity contribution in [2.24, 2.45) is 0 Å². The average molecular weight is 253 g/mol. The molecule has 0 heterocycles. The quantitative estimate of drug-likeness (QED) is 0.609. The van der Waals surface area contributed by atoms with Gasteiger partial charge < -0.3 is 4.74 Å². The summed E-state index contributed by atoms with van der Waals surface area (Å²) in [6.07, 6.45) is 5.22. The third kappa shape index (κ3) is 3.63. The Morgan fingerprint density at radius 1 is 1.43 bits per heavy atom. The van der Waals surface area contributed by atoms with Crippen LogP contribution >= 0.6 is 15.9 Å². The number of esters is 1. The third-order valence-corrected chi connectivity index (χ3v) is 2.11. The van der Waals surface area contributed by atoms with E-state index in [1.165, 1.54) is 0 Å². The molecule has 0 saturated carbocycles. The maximum atomic E-state index is 11.1. The van der Waals surface area contributed by atoms with Gasteiger partial charge in [0.1, 0.15) is 0 Å².